The van der Waals surface area contributed by atoms with E-state index in [0.717, 1.165) is 25.1 Å². The van der Waals surface area contributed by atoms with E-state index in [9.17, 15) is 4.79 Å². The molecule has 1 amide bonds. The molecule has 1 N–H and O–H groups in total. The van der Waals surface area contributed by atoms with Gasteiger partial charge in [-0.1, -0.05) is 0 Å². The standard InChI is InChI=1S/C15H18N6O/c1-10-18-12(13-4-3-7-21(13)11(2)22)8-14(19-10)20-15-9-16-5-6-17-15/h5-6,8-9,13H,3-4,7H2,1-2H3,(H,17,18,19,20)/t13-/m0/s1. The summed E-state index contributed by atoms with van der Waals surface area (Å²) < 4.78 is 0. The number of nitrogens with one attached hydrogen (secondary N) is 1. The highest BCUT2D eigenvalue weighted by Gasteiger charge is 2.29. The van der Waals surface area contributed by atoms with Gasteiger partial charge >= 0.3 is 0 Å². The maximum Gasteiger partial charge on any atom is 0.220 e. The van der Waals surface area contributed by atoms with Gasteiger partial charge in [0.1, 0.15) is 17.5 Å². The minimum Gasteiger partial charge on any atom is -0.334 e. The van der Waals surface area contributed by atoms with Crippen LogP contribution in [0, 0.1) is 6.92 Å². The normalized spacial score (nSPS) is 17.5. The first-order chi connectivity index (χ1) is 10.6. The van der Waals surface area contributed by atoms with Crippen LogP contribution in [-0.2, 0) is 4.79 Å². The lowest BCUT2D eigenvalue weighted by atomic mass is 10.1. The molecule has 3 rings (SSSR count). The second-order valence-electron chi connectivity index (χ2n) is 5.31. The molecule has 1 aliphatic heterocycles. The summed E-state index contributed by atoms with van der Waals surface area (Å²) in [4.78, 5) is 30.7. The van der Waals surface area contributed by atoms with E-state index in [-0.39, 0.29) is 11.9 Å². The Morgan fingerprint density at radius 1 is 1.32 bits per heavy atom. The lowest BCUT2D eigenvalue weighted by Gasteiger charge is -2.23. The Hall–Kier alpha value is -2.57. The smallest absolute Gasteiger partial charge is 0.220 e. The van der Waals surface area contributed by atoms with Crippen LogP contribution in [-0.4, -0.2) is 37.3 Å². The molecule has 0 unspecified atom stereocenters. The van der Waals surface area contributed by atoms with Gasteiger partial charge in [-0.15, -0.1) is 0 Å². The van der Waals surface area contributed by atoms with E-state index in [1.54, 1.807) is 25.5 Å². The van der Waals surface area contributed by atoms with Gasteiger partial charge in [-0.2, -0.15) is 0 Å². The molecule has 2 aromatic heterocycles. The summed E-state index contributed by atoms with van der Waals surface area (Å²) in [5.74, 6) is 2.04. The van der Waals surface area contributed by atoms with Crippen molar-refractivity contribution in [2.24, 2.45) is 0 Å². The van der Waals surface area contributed by atoms with Gasteiger partial charge in [-0.05, 0) is 19.8 Å². The molecule has 0 aromatic carbocycles. The minimum atomic E-state index is 0.0293. The van der Waals surface area contributed by atoms with Crippen LogP contribution < -0.4 is 5.32 Å². The molecule has 1 aliphatic rings. The van der Waals surface area contributed by atoms with Gasteiger partial charge in [-0.25, -0.2) is 15.0 Å². The van der Waals surface area contributed by atoms with Crippen molar-refractivity contribution in [3.8, 4) is 0 Å². The Morgan fingerprint density at radius 3 is 2.91 bits per heavy atom. The predicted molar refractivity (Wildman–Crippen MR) is 81.4 cm³/mol. The second-order valence-corrected chi connectivity index (χ2v) is 5.31. The molecule has 1 fully saturated rings. The molecule has 1 atom stereocenters. The predicted octanol–water partition coefficient (Wildman–Crippen LogP) is 2.00. The van der Waals surface area contributed by atoms with Crippen LogP contribution in [0.2, 0.25) is 0 Å². The fraction of sp³-hybridized carbons (Fsp3) is 0.400. The second kappa shape index (κ2) is 6.05. The van der Waals surface area contributed by atoms with E-state index in [2.05, 4.69) is 25.3 Å². The Morgan fingerprint density at radius 2 is 2.18 bits per heavy atom. The molecule has 114 valence electrons. The first-order valence-corrected chi connectivity index (χ1v) is 7.29. The van der Waals surface area contributed by atoms with Crippen LogP contribution in [0.3, 0.4) is 0 Å². The van der Waals surface area contributed by atoms with Crippen LogP contribution >= 0.6 is 0 Å². The van der Waals surface area contributed by atoms with Crippen molar-refractivity contribution >= 4 is 17.5 Å². The van der Waals surface area contributed by atoms with Gasteiger partial charge in [0, 0.05) is 31.9 Å². The quantitative estimate of drug-likeness (QED) is 0.933. The molecule has 22 heavy (non-hydrogen) atoms. The lowest BCUT2D eigenvalue weighted by molar-refractivity contribution is -0.129. The lowest BCUT2D eigenvalue weighted by Crippen LogP contribution is -2.28. The Balaban J connectivity index is 1.88. The van der Waals surface area contributed by atoms with E-state index in [1.807, 2.05) is 17.9 Å². The van der Waals surface area contributed by atoms with Gasteiger partial charge < -0.3 is 10.2 Å². The van der Waals surface area contributed by atoms with Gasteiger partial charge in [0.2, 0.25) is 5.91 Å². The maximum atomic E-state index is 11.7. The maximum absolute atomic E-state index is 11.7. The highest BCUT2D eigenvalue weighted by atomic mass is 16.2. The number of amides is 1. The van der Waals surface area contributed by atoms with Crippen molar-refractivity contribution in [3.05, 3.63) is 36.2 Å². The third-order valence-corrected chi connectivity index (χ3v) is 3.68. The summed E-state index contributed by atoms with van der Waals surface area (Å²) in [5.41, 5.74) is 0.867. The van der Waals surface area contributed by atoms with Crippen LogP contribution in [0.5, 0.6) is 0 Å². The summed E-state index contributed by atoms with van der Waals surface area (Å²) >= 11 is 0. The Labute approximate surface area is 128 Å². The van der Waals surface area contributed by atoms with Gasteiger partial charge in [0.25, 0.3) is 0 Å². The number of carbonyl (C=O) groups is 1. The largest absolute Gasteiger partial charge is 0.334 e. The number of rotatable bonds is 3. The molecular formula is C15H18N6O. The summed E-state index contributed by atoms with van der Waals surface area (Å²) in [7, 11) is 0. The number of anilines is 2. The van der Waals surface area contributed by atoms with Crippen molar-refractivity contribution < 1.29 is 4.79 Å². The zero-order valence-electron chi connectivity index (χ0n) is 12.7. The van der Waals surface area contributed by atoms with Crippen LogP contribution in [0.1, 0.15) is 37.3 Å². The first kappa shape index (κ1) is 14.4. The number of aromatic nitrogens is 4. The molecule has 7 heteroatoms. The summed E-state index contributed by atoms with van der Waals surface area (Å²) in [6.07, 6.45) is 6.80. The van der Waals surface area contributed by atoms with Gasteiger partial charge in [0.05, 0.1) is 17.9 Å². The molecular weight excluding hydrogens is 280 g/mol. The molecule has 7 nitrogen and oxygen atoms in total. The van der Waals surface area contributed by atoms with E-state index in [4.69, 9.17) is 0 Å². The van der Waals surface area contributed by atoms with E-state index in [0.29, 0.717) is 17.5 Å². The molecule has 2 aromatic rings. The molecule has 0 spiro atoms. The Kier molecular flexibility index (Phi) is 3.95. The first-order valence-electron chi connectivity index (χ1n) is 7.29. The van der Waals surface area contributed by atoms with Gasteiger partial charge in [-0.3, -0.25) is 9.78 Å². The van der Waals surface area contributed by atoms with Crippen LogP contribution in [0.4, 0.5) is 11.6 Å². The summed E-state index contributed by atoms with van der Waals surface area (Å²) in [5, 5.41) is 3.12. The topological polar surface area (TPSA) is 83.9 Å². The number of nitrogens with zero attached hydrogens (tertiary/aromatic N) is 5. The number of hydrogen-bond acceptors (Lipinski definition) is 6. The average Bonchev–Trinajstić information content (AvgIpc) is 2.97. The monoisotopic (exact) mass is 298 g/mol. The van der Waals surface area contributed by atoms with E-state index in [1.165, 1.54) is 0 Å². The molecule has 0 radical (unpaired) electrons. The van der Waals surface area contributed by atoms with Crippen molar-refractivity contribution in [3.63, 3.8) is 0 Å². The van der Waals surface area contributed by atoms with E-state index >= 15 is 0 Å². The SMILES string of the molecule is CC(=O)N1CCC[C@H]1c1cc(Nc2cnccn2)nc(C)n1. The fourth-order valence-corrected chi connectivity index (χ4v) is 2.77. The highest BCUT2D eigenvalue weighted by molar-refractivity contribution is 5.74. The molecule has 0 bridgehead atoms. The summed E-state index contributed by atoms with van der Waals surface area (Å²) in [6.45, 7) is 4.24. The molecule has 1 saturated heterocycles. The van der Waals surface area contributed by atoms with Crippen molar-refractivity contribution in [2.75, 3.05) is 11.9 Å². The van der Waals surface area contributed by atoms with Crippen molar-refractivity contribution in [2.45, 2.75) is 32.7 Å². The summed E-state index contributed by atoms with van der Waals surface area (Å²) in [6, 6.07) is 1.91. The van der Waals surface area contributed by atoms with Crippen LogP contribution in [0.25, 0.3) is 0 Å². The Bertz CT molecular complexity index is 675. The van der Waals surface area contributed by atoms with Crippen LogP contribution in [0.15, 0.2) is 24.7 Å². The highest BCUT2D eigenvalue weighted by Crippen LogP contribution is 2.31. The zero-order chi connectivity index (χ0) is 15.5. The third-order valence-electron chi connectivity index (χ3n) is 3.68. The number of aryl methyl sites for hydroxylation is 1. The molecule has 3 heterocycles. The third kappa shape index (κ3) is 3.03. The molecule has 0 saturated carbocycles. The number of hydrogen-bond donors (Lipinski definition) is 1. The zero-order valence-corrected chi connectivity index (χ0v) is 12.7. The number of likely N-dealkylation sites (tertiary alicyclic amines) is 1. The molecule has 0 aliphatic carbocycles. The van der Waals surface area contributed by atoms with E-state index < -0.39 is 0 Å². The average molecular weight is 298 g/mol. The van der Waals surface area contributed by atoms with Crippen molar-refractivity contribution in [1.29, 1.82) is 0 Å². The number of carbonyl (C=O) groups excluding carboxylic acids is 1. The van der Waals surface area contributed by atoms with Crippen molar-refractivity contribution in [1.82, 2.24) is 24.8 Å². The van der Waals surface area contributed by atoms with Gasteiger partial charge in [0.15, 0.2) is 0 Å². The fourth-order valence-electron chi connectivity index (χ4n) is 2.77. The minimum absolute atomic E-state index is 0.0293.